The smallest absolute Gasteiger partial charge is 0.163 e. The van der Waals surface area contributed by atoms with Crippen LogP contribution in [-0.2, 0) is 6.54 Å². The Bertz CT molecular complexity index is 622. The lowest BCUT2D eigenvalue weighted by atomic mass is 10.1. The number of nitrogens with zero attached hydrogens (tertiary/aromatic N) is 2. The minimum Gasteiger partial charge on any atom is -0.486 e. The largest absolute Gasteiger partial charge is 0.486 e. The van der Waals surface area contributed by atoms with Gasteiger partial charge in [0.15, 0.2) is 11.5 Å². The third-order valence-corrected chi connectivity index (χ3v) is 3.01. The van der Waals surface area contributed by atoms with Crippen LogP contribution in [-0.4, -0.2) is 17.8 Å². The van der Waals surface area contributed by atoms with Gasteiger partial charge < -0.3 is 14.0 Å². The standard InChI is InChI=1S/C13H12N2O2/c1-2-15-8-9(7-14)10-5-12-13(6-11(10)15)17-4-3-16-12/h5-6,8H,2-4H2,1H3. The van der Waals surface area contributed by atoms with Crippen LogP contribution < -0.4 is 9.47 Å². The van der Waals surface area contributed by atoms with Crippen LogP contribution in [0.3, 0.4) is 0 Å². The molecule has 1 aromatic heterocycles. The normalized spacial score (nSPS) is 13.6. The molecule has 3 rings (SSSR count). The summed E-state index contributed by atoms with van der Waals surface area (Å²) in [5.41, 5.74) is 1.70. The molecule has 0 fully saturated rings. The second-order valence-electron chi connectivity index (χ2n) is 3.95. The summed E-state index contributed by atoms with van der Waals surface area (Å²) in [4.78, 5) is 0. The Morgan fingerprint density at radius 2 is 2.00 bits per heavy atom. The molecule has 0 saturated carbocycles. The number of aryl methyl sites for hydroxylation is 1. The predicted octanol–water partition coefficient (Wildman–Crippen LogP) is 2.30. The lowest BCUT2D eigenvalue weighted by Gasteiger charge is -2.18. The van der Waals surface area contributed by atoms with Gasteiger partial charge in [-0.1, -0.05) is 0 Å². The van der Waals surface area contributed by atoms with Crippen LogP contribution in [0.1, 0.15) is 12.5 Å². The summed E-state index contributed by atoms with van der Waals surface area (Å²) in [7, 11) is 0. The quantitative estimate of drug-likeness (QED) is 0.752. The van der Waals surface area contributed by atoms with E-state index in [0.717, 1.165) is 28.9 Å². The molecule has 4 heteroatoms. The molecule has 17 heavy (non-hydrogen) atoms. The summed E-state index contributed by atoms with van der Waals surface area (Å²) in [6, 6.07) is 6.06. The number of ether oxygens (including phenoxy) is 2. The second-order valence-corrected chi connectivity index (χ2v) is 3.95. The zero-order valence-corrected chi connectivity index (χ0v) is 9.56. The average Bonchev–Trinajstić information content (AvgIpc) is 2.73. The maximum absolute atomic E-state index is 9.11. The van der Waals surface area contributed by atoms with Crippen LogP contribution in [0.5, 0.6) is 11.5 Å². The van der Waals surface area contributed by atoms with E-state index < -0.39 is 0 Å². The first-order valence-electron chi connectivity index (χ1n) is 5.66. The van der Waals surface area contributed by atoms with Crippen LogP contribution in [0, 0.1) is 11.3 Å². The Morgan fingerprint density at radius 3 is 2.65 bits per heavy atom. The second kappa shape index (κ2) is 3.70. The molecule has 0 radical (unpaired) electrons. The minimum atomic E-state index is 0.564. The Hall–Kier alpha value is -2.15. The van der Waals surface area contributed by atoms with Gasteiger partial charge >= 0.3 is 0 Å². The van der Waals surface area contributed by atoms with Crippen LogP contribution in [0.25, 0.3) is 10.9 Å². The molecule has 0 bridgehead atoms. The van der Waals surface area contributed by atoms with E-state index in [2.05, 4.69) is 13.0 Å². The first-order chi connectivity index (χ1) is 8.33. The Morgan fingerprint density at radius 1 is 1.29 bits per heavy atom. The van der Waals surface area contributed by atoms with Crippen LogP contribution in [0.2, 0.25) is 0 Å². The van der Waals surface area contributed by atoms with Crippen molar-refractivity contribution >= 4 is 10.9 Å². The maximum atomic E-state index is 9.11. The molecule has 0 spiro atoms. The number of hydrogen-bond donors (Lipinski definition) is 0. The van der Waals surface area contributed by atoms with Gasteiger partial charge in [0.05, 0.1) is 11.1 Å². The van der Waals surface area contributed by atoms with Crippen molar-refractivity contribution in [3.63, 3.8) is 0 Å². The molecule has 0 atom stereocenters. The van der Waals surface area contributed by atoms with Gasteiger partial charge in [0.25, 0.3) is 0 Å². The fraction of sp³-hybridized carbons (Fsp3) is 0.308. The number of fused-ring (bicyclic) bond motifs is 2. The number of benzene rings is 1. The molecule has 86 valence electrons. The summed E-state index contributed by atoms with van der Waals surface area (Å²) in [5.74, 6) is 1.50. The molecular formula is C13H12N2O2. The highest BCUT2D eigenvalue weighted by Crippen LogP contribution is 2.36. The Kier molecular flexibility index (Phi) is 2.19. The number of nitriles is 1. The molecule has 1 aliphatic rings. The molecule has 0 saturated heterocycles. The first-order valence-corrected chi connectivity index (χ1v) is 5.66. The summed E-state index contributed by atoms with van der Waals surface area (Å²) < 4.78 is 13.1. The number of rotatable bonds is 1. The molecule has 0 unspecified atom stereocenters. The van der Waals surface area contributed by atoms with Crippen LogP contribution in [0.4, 0.5) is 0 Å². The van der Waals surface area contributed by atoms with E-state index in [1.54, 1.807) is 0 Å². The van der Waals surface area contributed by atoms with Crippen LogP contribution >= 0.6 is 0 Å². The fourth-order valence-corrected chi connectivity index (χ4v) is 2.18. The van der Waals surface area contributed by atoms with E-state index in [1.807, 2.05) is 22.9 Å². The monoisotopic (exact) mass is 228 g/mol. The Balaban J connectivity index is 2.31. The van der Waals surface area contributed by atoms with E-state index in [9.17, 15) is 0 Å². The molecule has 0 aliphatic carbocycles. The van der Waals surface area contributed by atoms with Gasteiger partial charge in [0, 0.05) is 24.2 Å². The van der Waals surface area contributed by atoms with Crippen molar-refractivity contribution in [2.75, 3.05) is 13.2 Å². The molecular weight excluding hydrogens is 216 g/mol. The van der Waals surface area contributed by atoms with Gasteiger partial charge in [-0.3, -0.25) is 0 Å². The number of hydrogen-bond acceptors (Lipinski definition) is 3. The zero-order valence-electron chi connectivity index (χ0n) is 9.56. The average molecular weight is 228 g/mol. The van der Waals surface area contributed by atoms with Crippen molar-refractivity contribution in [2.45, 2.75) is 13.5 Å². The van der Waals surface area contributed by atoms with E-state index in [4.69, 9.17) is 14.7 Å². The summed E-state index contributed by atoms with van der Waals surface area (Å²) in [5, 5.41) is 10.0. The van der Waals surface area contributed by atoms with E-state index in [-0.39, 0.29) is 0 Å². The van der Waals surface area contributed by atoms with E-state index in [1.165, 1.54) is 0 Å². The van der Waals surface area contributed by atoms with Crippen LogP contribution in [0.15, 0.2) is 18.3 Å². The predicted molar refractivity (Wildman–Crippen MR) is 63.3 cm³/mol. The van der Waals surface area contributed by atoms with Gasteiger partial charge in [-0.05, 0) is 13.0 Å². The highest BCUT2D eigenvalue weighted by atomic mass is 16.6. The van der Waals surface area contributed by atoms with Gasteiger partial charge in [-0.15, -0.1) is 0 Å². The number of aromatic nitrogens is 1. The summed E-state index contributed by atoms with van der Waals surface area (Å²) >= 11 is 0. The van der Waals surface area contributed by atoms with E-state index >= 15 is 0 Å². The van der Waals surface area contributed by atoms with Gasteiger partial charge in [0.1, 0.15) is 19.3 Å². The van der Waals surface area contributed by atoms with Crippen molar-refractivity contribution < 1.29 is 9.47 Å². The molecule has 0 amide bonds. The van der Waals surface area contributed by atoms with Gasteiger partial charge in [-0.25, -0.2) is 0 Å². The Labute approximate surface area is 99.0 Å². The lowest BCUT2D eigenvalue weighted by molar-refractivity contribution is 0.172. The molecule has 1 aliphatic heterocycles. The molecule has 4 nitrogen and oxygen atoms in total. The summed E-state index contributed by atoms with van der Waals surface area (Å²) in [6.07, 6.45) is 1.87. The van der Waals surface area contributed by atoms with E-state index in [0.29, 0.717) is 18.8 Å². The molecule has 2 heterocycles. The molecule has 1 aromatic carbocycles. The lowest BCUT2D eigenvalue weighted by Crippen LogP contribution is -2.15. The minimum absolute atomic E-state index is 0.564. The third-order valence-electron chi connectivity index (χ3n) is 3.01. The zero-order chi connectivity index (χ0) is 11.8. The highest BCUT2D eigenvalue weighted by Gasteiger charge is 2.16. The van der Waals surface area contributed by atoms with Crippen molar-refractivity contribution in [2.24, 2.45) is 0 Å². The third kappa shape index (κ3) is 1.43. The highest BCUT2D eigenvalue weighted by molar-refractivity contribution is 5.89. The van der Waals surface area contributed by atoms with Crippen molar-refractivity contribution in [3.8, 4) is 17.6 Å². The maximum Gasteiger partial charge on any atom is 0.163 e. The van der Waals surface area contributed by atoms with Crippen molar-refractivity contribution in [1.29, 1.82) is 5.26 Å². The van der Waals surface area contributed by atoms with Gasteiger partial charge in [-0.2, -0.15) is 5.26 Å². The summed E-state index contributed by atoms with van der Waals surface area (Å²) in [6.45, 7) is 4.03. The van der Waals surface area contributed by atoms with Gasteiger partial charge in [0.2, 0.25) is 0 Å². The molecule has 0 N–H and O–H groups in total. The van der Waals surface area contributed by atoms with Crippen molar-refractivity contribution in [1.82, 2.24) is 4.57 Å². The first kappa shape index (κ1) is 10.0. The van der Waals surface area contributed by atoms with Crippen molar-refractivity contribution in [3.05, 3.63) is 23.9 Å². The topological polar surface area (TPSA) is 47.2 Å². The molecule has 2 aromatic rings. The fourth-order valence-electron chi connectivity index (χ4n) is 2.18. The SMILES string of the molecule is CCn1cc(C#N)c2cc3c(cc21)OCCO3.